The van der Waals surface area contributed by atoms with E-state index in [1.54, 1.807) is 11.3 Å². The summed E-state index contributed by atoms with van der Waals surface area (Å²) in [6.07, 6.45) is 7.04. The summed E-state index contributed by atoms with van der Waals surface area (Å²) in [7, 11) is 0. The highest BCUT2D eigenvalue weighted by atomic mass is 35.5. The minimum absolute atomic E-state index is 0.436. The van der Waals surface area contributed by atoms with Gasteiger partial charge in [0, 0.05) is 10.9 Å². The standard InChI is InChI=1S/C15H24ClNS/c1-3-12-4-6-13(7-5-12)10-17-11(2)14-8-9-15(16)18-14/h8-9,11-13,17H,3-7,10H2,1-2H3. The third-order valence-electron chi connectivity index (χ3n) is 4.28. The number of thiophene rings is 1. The monoisotopic (exact) mass is 285 g/mol. The van der Waals surface area contributed by atoms with Crippen molar-refractivity contribution in [3.05, 3.63) is 21.3 Å². The van der Waals surface area contributed by atoms with Crippen molar-refractivity contribution in [1.82, 2.24) is 5.32 Å². The van der Waals surface area contributed by atoms with Crippen molar-refractivity contribution in [2.24, 2.45) is 11.8 Å². The van der Waals surface area contributed by atoms with Gasteiger partial charge in [0.1, 0.15) is 0 Å². The van der Waals surface area contributed by atoms with Gasteiger partial charge < -0.3 is 5.32 Å². The van der Waals surface area contributed by atoms with Crippen molar-refractivity contribution in [2.75, 3.05) is 6.54 Å². The van der Waals surface area contributed by atoms with Gasteiger partial charge in [0.15, 0.2) is 0 Å². The Morgan fingerprint density at radius 1 is 1.28 bits per heavy atom. The predicted molar refractivity (Wildman–Crippen MR) is 81.5 cm³/mol. The molecule has 18 heavy (non-hydrogen) atoms. The first kappa shape index (κ1) is 14.4. The molecule has 1 aliphatic rings. The third kappa shape index (κ3) is 3.97. The summed E-state index contributed by atoms with van der Waals surface area (Å²) in [5.74, 6) is 1.88. The maximum absolute atomic E-state index is 5.98. The first-order chi connectivity index (χ1) is 8.69. The Labute approximate surface area is 120 Å². The third-order valence-corrected chi connectivity index (χ3v) is 5.69. The van der Waals surface area contributed by atoms with Gasteiger partial charge in [-0.2, -0.15) is 0 Å². The summed E-state index contributed by atoms with van der Waals surface area (Å²) in [5, 5.41) is 3.67. The molecular weight excluding hydrogens is 262 g/mol. The first-order valence-electron chi connectivity index (χ1n) is 7.17. The van der Waals surface area contributed by atoms with Crippen molar-refractivity contribution in [1.29, 1.82) is 0 Å². The lowest BCUT2D eigenvalue weighted by Crippen LogP contribution is -2.28. The van der Waals surface area contributed by atoms with Crippen LogP contribution in [0.25, 0.3) is 0 Å². The molecule has 2 rings (SSSR count). The summed E-state index contributed by atoms with van der Waals surface area (Å²) in [5.41, 5.74) is 0. The minimum atomic E-state index is 0.436. The molecule has 0 spiro atoms. The maximum atomic E-state index is 5.98. The fourth-order valence-electron chi connectivity index (χ4n) is 2.85. The molecule has 1 aliphatic carbocycles. The second kappa shape index (κ2) is 6.93. The highest BCUT2D eigenvalue weighted by Gasteiger charge is 2.20. The lowest BCUT2D eigenvalue weighted by atomic mass is 9.81. The Balaban J connectivity index is 1.72. The quantitative estimate of drug-likeness (QED) is 0.777. The van der Waals surface area contributed by atoms with E-state index < -0.39 is 0 Å². The molecule has 1 aromatic heterocycles. The molecule has 0 aliphatic heterocycles. The zero-order valence-corrected chi connectivity index (χ0v) is 13.0. The highest BCUT2D eigenvalue weighted by Crippen LogP contribution is 2.31. The van der Waals surface area contributed by atoms with Gasteiger partial charge >= 0.3 is 0 Å². The molecular formula is C15H24ClNS. The number of hydrogen-bond donors (Lipinski definition) is 1. The van der Waals surface area contributed by atoms with Crippen LogP contribution in [0, 0.1) is 11.8 Å². The van der Waals surface area contributed by atoms with Crippen LogP contribution in [-0.4, -0.2) is 6.54 Å². The Hall–Kier alpha value is -0.0500. The fraction of sp³-hybridized carbons (Fsp3) is 0.733. The van der Waals surface area contributed by atoms with Crippen LogP contribution in [0.15, 0.2) is 12.1 Å². The normalized spacial score (nSPS) is 26.2. The molecule has 1 nitrogen and oxygen atoms in total. The van der Waals surface area contributed by atoms with Crippen LogP contribution in [-0.2, 0) is 0 Å². The van der Waals surface area contributed by atoms with Crippen molar-refractivity contribution >= 4 is 22.9 Å². The molecule has 1 unspecified atom stereocenters. The van der Waals surface area contributed by atoms with E-state index in [1.807, 2.05) is 6.07 Å². The van der Waals surface area contributed by atoms with Crippen LogP contribution < -0.4 is 5.32 Å². The fourth-order valence-corrected chi connectivity index (χ4v) is 3.94. The van der Waals surface area contributed by atoms with Crippen molar-refractivity contribution < 1.29 is 0 Å². The molecule has 102 valence electrons. The van der Waals surface area contributed by atoms with E-state index in [-0.39, 0.29) is 0 Å². The Morgan fingerprint density at radius 3 is 2.50 bits per heavy atom. The van der Waals surface area contributed by atoms with Crippen molar-refractivity contribution in [2.45, 2.75) is 52.0 Å². The summed E-state index contributed by atoms with van der Waals surface area (Å²) in [6, 6.07) is 4.57. The SMILES string of the molecule is CCC1CCC(CNC(C)c2ccc(Cl)s2)CC1. The average molecular weight is 286 g/mol. The van der Waals surface area contributed by atoms with Gasteiger partial charge in [0.2, 0.25) is 0 Å². The Morgan fingerprint density at radius 2 is 1.94 bits per heavy atom. The molecule has 1 saturated carbocycles. The first-order valence-corrected chi connectivity index (χ1v) is 8.37. The van der Waals surface area contributed by atoms with E-state index in [2.05, 4.69) is 25.2 Å². The van der Waals surface area contributed by atoms with E-state index in [9.17, 15) is 0 Å². The number of halogens is 1. The van der Waals surface area contributed by atoms with Gasteiger partial charge in [0.05, 0.1) is 4.34 Å². The second-order valence-corrected chi connectivity index (χ2v) is 7.31. The second-order valence-electron chi connectivity index (χ2n) is 5.57. The highest BCUT2D eigenvalue weighted by molar-refractivity contribution is 7.16. The lowest BCUT2D eigenvalue weighted by molar-refractivity contribution is 0.258. The lowest BCUT2D eigenvalue weighted by Gasteiger charge is -2.28. The number of rotatable bonds is 5. The van der Waals surface area contributed by atoms with Crippen LogP contribution in [0.3, 0.4) is 0 Å². The van der Waals surface area contributed by atoms with Gasteiger partial charge in [-0.3, -0.25) is 0 Å². The molecule has 0 aromatic carbocycles. The van der Waals surface area contributed by atoms with Gasteiger partial charge in [0.25, 0.3) is 0 Å². The molecule has 0 saturated heterocycles. The average Bonchev–Trinajstić information content (AvgIpc) is 2.83. The van der Waals surface area contributed by atoms with E-state index >= 15 is 0 Å². The van der Waals surface area contributed by atoms with Crippen molar-refractivity contribution in [3.8, 4) is 0 Å². The summed E-state index contributed by atoms with van der Waals surface area (Å²) >= 11 is 7.67. The molecule has 1 aromatic rings. The van der Waals surface area contributed by atoms with Crippen molar-refractivity contribution in [3.63, 3.8) is 0 Å². The summed E-state index contributed by atoms with van der Waals surface area (Å²) in [6.45, 7) is 5.72. The Kier molecular flexibility index (Phi) is 5.53. The van der Waals surface area contributed by atoms with Crippen LogP contribution in [0.5, 0.6) is 0 Å². The zero-order valence-electron chi connectivity index (χ0n) is 11.4. The Bertz CT molecular complexity index is 355. The van der Waals surface area contributed by atoms with Gasteiger partial charge in [-0.15, -0.1) is 11.3 Å². The topological polar surface area (TPSA) is 12.0 Å². The predicted octanol–water partition coefficient (Wildman–Crippen LogP) is 5.27. The molecule has 0 radical (unpaired) electrons. The van der Waals surface area contributed by atoms with Gasteiger partial charge in [-0.05, 0) is 50.3 Å². The molecule has 1 N–H and O–H groups in total. The number of hydrogen-bond acceptors (Lipinski definition) is 2. The maximum Gasteiger partial charge on any atom is 0.0931 e. The van der Waals surface area contributed by atoms with E-state index in [0.29, 0.717) is 6.04 Å². The molecule has 1 atom stereocenters. The molecule has 1 heterocycles. The van der Waals surface area contributed by atoms with E-state index in [0.717, 1.165) is 22.7 Å². The summed E-state index contributed by atoms with van der Waals surface area (Å²) < 4.78 is 0.891. The van der Waals surface area contributed by atoms with Gasteiger partial charge in [-0.25, -0.2) is 0 Å². The zero-order chi connectivity index (χ0) is 13.0. The van der Waals surface area contributed by atoms with Crippen LogP contribution in [0.1, 0.15) is 56.9 Å². The van der Waals surface area contributed by atoms with Crippen LogP contribution >= 0.6 is 22.9 Å². The van der Waals surface area contributed by atoms with Crippen LogP contribution in [0.4, 0.5) is 0 Å². The van der Waals surface area contributed by atoms with Crippen LogP contribution in [0.2, 0.25) is 4.34 Å². The largest absolute Gasteiger partial charge is 0.309 e. The molecule has 3 heteroatoms. The molecule has 0 bridgehead atoms. The minimum Gasteiger partial charge on any atom is -0.309 e. The molecule has 1 fully saturated rings. The molecule has 0 amide bonds. The number of nitrogens with one attached hydrogen (secondary N) is 1. The summed E-state index contributed by atoms with van der Waals surface area (Å²) in [4.78, 5) is 1.35. The van der Waals surface area contributed by atoms with Gasteiger partial charge in [-0.1, -0.05) is 37.8 Å². The van der Waals surface area contributed by atoms with E-state index in [4.69, 9.17) is 11.6 Å². The van der Waals surface area contributed by atoms with E-state index in [1.165, 1.54) is 37.0 Å². The smallest absolute Gasteiger partial charge is 0.0931 e.